The second-order valence-corrected chi connectivity index (χ2v) is 3.03. The second kappa shape index (κ2) is 7.10. The molecule has 0 aliphatic carbocycles. The molecule has 0 saturated carbocycles. The van der Waals surface area contributed by atoms with Crippen molar-refractivity contribution in [3.63, 3.8) is 0 Å². The minimum atomic E-state index is 0.124. The molecule has 72 valence electrons. The van der Waals surface area contributed by atoms with Crippen molar-refractivity contribution < 1.29 is 9.53 Å². The zero-order valence-electron chi connectivity index (χ0n) is 8.22. The number of rotatable bonds is 6. The van der Waals surface area contributed by atoms with Crippen LogP contribution in [0.5, 0.6) is 0 Å². The maximum absolute atomic E-state index is 11.1. The highest BCUT2D eigenvalue weighted by Gasteiger charge is 2.05. The van der Waals surface area contributed by atoms with E-state index in [0.29, 0.717) is 13.0 Å². The zero-order valence-corrected chi connectivity index (χ0v) is 8.22. The van der Waals surface area contributed by atoms with E-state index >= 15 is 0 Å². The normalized spacial score (nSPS) is 12.6. The highest BCUT2D eigenvalue weighted by molar-refractivity contribution is 5.76. The molecule has 12 heavy (non-hydrogen) atoms. The Morgan fingerprint density at radius 2 is 2.25 bits per heavy atom. The summed E-state index contributed by atoms with van der Waals surface area (Å²) in [5, 5.41) is 2.85. The molecule has 3 nitrogen and oxygen atoms in total. The third-order valence-corrected chi connectivity index (χ3v) is 1.58. The summed E-state index contributed by atoms with van der Waals surface area (Å²) in [6.07, 6.45) is 2.65. The van der Waals surface area contributed by atoms with Gasteiger partial charge in [0, 0.05) is 19.6 Å². The van der Waals surface area contributed by atoms with Crippen LogP contribution in [0.25, 0.3) is 0 Å². The zero-order chi connectivity index (χ0) is 9.40. The van der Waals surface area contributed by atoms with Crippen molar-refractivity contribution in [1.82, 2.24) is 5.32 Å². The van der Waals surface area contributed by atoms with Gasteiger partial charge in [-0.3, -0.25) is 4.79 Å². The van der Waals surface area contributed by atoms with Gasteiger partial charge >= 0.3 is 0 Å². The van der Waals surface area contributed by atoms with Gasteiger partial charge in [0.25, 0.3) is 0 Å². The Kier molecular flexibility index (Phi) is 6.76. The van der Waals surface area contributed by atoms with Crippen LogP contribution in [0.15, 0.2) is 0 Å². The van der Waals surface area contributed by atoms with Crippen LogP contribution in [0.2, 0.25) is 0 Å². The van der Waals surface area contributed by atoms with E-state index in [1.165, 1.54) is 0 Å². The van der Waals surface area contributed by atoms with E-state index in [4.69, 9.17) is 4.74 Å². The molecule has 3 heteroatoms. The molecule has 0 aliphatic rings. The van der Waals surface area contributed by atoms with Crippen molar-refractivity contribution in [2.24, 2.45) is 0 Å². The molecule has 0 heterocycles. The van der Waals surface area contributed by atoms with Crippen molar-refractivity contribution in [2.75, 3.05) is 13.7 Å². The number of carbonyl (C=O) groups is 1. The van der Waals surface area contributed by atoms with Crippen LogP contribution in [0.3, 0.4) is 0 Å². The van der Waals surface area contributed by atoms with Crippen LogP contribution in [0.1, 0.15) is 33.1 Å². The summed E-state index contributed by atoms with van der Waals surface area (Å²) in [6, 6.07) is 0.124. The van der Waals surface area contributed by atoms with Crippen molar-refractivity contribution in [3.8, 4) is 0 Å². The number of methoxy groups -OCH3 is 1. The molecular weight excluding hydrogens is 154 g/mol. The summed E-state index contributed by atoms with van der Waals surface area (Å²) in [4.78, 5) is 11.1. The Labute approximate surface area is 74.5 Å². The molecule has 1 amide bonds. The van der Waals surface area contributed by atoms with Gasteiger partial charge in [0.2, 0.25) is 5.91 Å². The van der Waals surface area contributed by atoms with Gasteiger partial charge in [0.05, 0.1) is 6.61 Å². The SMILES string of the molecule is CCCCC(=O)NC(C)COC. The topological polar surface area (TPSA) is 38.3 Å². The lowest BCUT2D eigenvalue weighted by molar-refractivity contribution is -0.122. The Hall–Kier alpha value is -0.570. The Balaban J connectivity index is 3.40. The Bertz CT molecular complexity index is 126. The third-order valence-electron chi connectivity index (χ3n) is 1.58. The highest BCUT2D eigenvalue weighted by atomic mass is 16.5. The maximum Gasteiger partial charge on any atom is 0.220 e. The van der Waals surface area contributed by atoms with Crippen LogP contribution in [0.4, 0.5) is 0 Å². The van der Waals surface area contributed by atoms with Gasteiger partial charge in [-0.15, -0.1) is 0 Å². The number of carbonyl (C=O) groups excluding carboxylic acids is 1. The lowest BCUT2D eigenvalue weighted by atomic mass is 10.2. The van der Waals surface area contributed by atoms with Crippen LogP contribution in [-0.2, 0) is 9.53 Å². The van der Waals surface area contributed by atoms with E-state index < -0.39 is 0 Å². The second-order valence-electron chi connectivity index (χ2n) is 3.03. The van der Waals surface area contributed by atoms with Crippen molar-refractivity contribution in [2.45, 2.75) is 39.2 Å². The minimum absolute atomic E-state index is 0.124. The minimum Gasteiger partial charge on any atom is -0.383 e. The number of amides is 1. The fraction of sp³-hybridized carbons (Fsp3) is 0.889. The molecule has 0 saturated heterocycles. The molecule has 1 unspecified atom stereocenters. The monoisotopic (exact) mass is 173 g/mol. The van der Waals surface area contributed by atoms with E-state index in [1.807, 2.05) is 6.92 Å². The number of hydrogen-bond acceptors (Lipinski definition) is 2. The fourth-order valence-electron chi connectivity index (χ4n) is 0.976. The standard InChI is InChI=1S/C9H19NO2/c1-4-5-6-9(11)10-8(2)7-12-3/h8H,4-7H2,1-3H3,(H,10,11). The van der Waals surface area contributed by atoms with E-state index in [0.717, 1.165) is 12.8 Å². The average molecular weight is 173 g/mol. The van der Waals surface area contributed by atoms with Crippen LogP contribution in [-0.4, -0.2) is 25.7 Å². The van der Waals surface area contributed by atoms with Crippen molar-refractivity contribution >= 4 is 5.91 Å². The van der Waals surface area contributed by atoms with E-state index in [2.05, 4.69) is 12.2 Å². The third kappa shape index (κ3) is 6.16. The van der Waals surface area contributed by atoms with Gasteiger partial charge in [-0.25, -0.2) is 0 Å². The van der Waals surface area contributed by atoms with E-state index in [-0.39, 0.29) is 11.9 Å². The molecule has 0 spiro atoms. The Morgan fingerprint density at radius 3 is 2.75 bits per heavy atom. The first-order chi connectivity index (χ1) is 5.70. The molecule has 1 N–H and O–H groups in total. The lowest BCUT2D eigenvalue weighted by Crippen LogP contribution is -2.35. The fourth-order valence-corrected chi connectivity index (χ4v) is 0.976. The summed E-state index contributed by atoms with van der Waals surface area (Å²) in [6.45, 7) is 4.59. The smallest absolute Gasteiger partial charge is 0.220 e. The summed E-state index contributed by atoms with van der Waals surface area (Å²) in [5.41, 5.74) is 0. The molecule has 0 aromatic heterocycles. The first-order valence-electron chi connectivity index (χ1n) is 4.49. The molecule has 0 rings (SSSR count). The summed E-state index contributed by atoms with van der Waals surface area (Å²) < 4.78 is 4.89. The first kappa shape index (κ1) is 11.4. The predicted molar refractivity (Wildman–Crippen MR) is 49.0 cm³/mol. The van der Waals surface area contributed by atoms with Gasteiger partial charge in [0.1, 0.15) is 0 Å². The summed E-state index contributed by atoms with van der Waals surface area (Å²) in [5.74, 6) is 0.126. The first-order valence-corrected chi connectivity index (χ1v) is 4.49. The Morgan fingerprint density at radius 1 is 1.58 bits per heavy atom. The van der Waals surface area contributed by atoms with Gasteiger partial charge < -0.3 is 10.1 Å². The van der Waals surface area contributed by atoms with Crippen molar-refractivity contribution in [1.29, 1.82) is 0 Å². The van der Waals surface area contributed by atoms with Crippen LogP contribution in [0, 0.1) is 0 Å². The molecule has 0 aromatic carbocycles. The van der Waals surface area contributed by atoms with E-state index in [9.17, 15) is 4.79 Å². The largest absolute Gasteiger partial charge is 0.383 e. The van der Waals surface area contributed by atoms with Crippen LogP contribution < -0.4 is 5.32 Å². The molecule has 0 radical (unpaired) electrons. The number of ether oxygens (including phenoxy) is 1. The molecule has 0 bridgehead atoms. The summed E-state index contributed by atoms with van der Waals surface area (Å²) >= 11 is 0. The van der Waals surface area contributed by atoms with Crippen LogP contribution >= 0.6 is 0 Å². The number of hydrogen-bond donors (Lipinski definition) is 1. The van der Waals surface area contributed by atoms with Crippen molar-refractivity contribution in [3.05, 3.63) is 0 Å². The summed E-state index contributed by atoms with van der Waals surface area (Å²) in [7, 11) is 1.63. The maximum atomic E-state index is 11.1. The van der Waals surface area contributed by atoms with Gasteiger partial charge in [-0.1, -0.05) is 13.3 Å². The van der Waals surface area contributed by atoms with E-state index in [1.54, 1.807) is 7.11 Å². The predicted octanol–water partition coefficient (Wildman–Crippen LogP) is 1.33. The average Bonchev–Trinajstić information content (AvgIpc) is 2.01. The molecule has 0 fully saturated rings. The number of nitrogens with one attached hydrogen (secondary N) is 1. The lowest BCUT2D eigenvalue weighted by Gasteiger charge is -2.11. The van der Waals surface area contributed by atoms with Gasteiger partial charge in [-0.2, -0.15) is 0 Å². The highest BCUT2D eigenvalue weighted by Crippen LogP contribution is 1.94. The number of unbranched alkanes of at least 4 members (excludes halogenated alkanes) is 1. The van der Waals surface area contributed by atoms with Gasteiger partial charge in [-0.05, 0) is 13.3 Å². The van der Waals surface area contributed by atoms with Gasteiger partial charge in [0.15, 0.2) is 0 Å². The molecule has 0 aromatic rings. The molecule has 0 aliphatic heterocycles. The molecular formula is C9H19NO2. The quantitative estimate of drug-likeness (QED) is 0.658. The molecule has 1 atom stereocenters.